The summed E-state index contributed by atoms with van der Waals surface area (Å²) in [6.07, 6.45) is -1.90. The Morgan fingerprint density at radius 3 is 1.10 bits per heavy atom. The highest BCUT2D eigenvalue weighted by molar-refractivity contribution is 7.16. The van der Waals surface area contributed by atoms with Crippen molar-refractivity contribution in [3.05, 3.63) is 0 Å². The van der Waals surface area contributed by atoms with Gasteiger partial charge in [-0.15, -0.1) is 27.7 Å². The van der Waals surface area contributed by atoms with Gasteiger partial charge in [0.1, 0.15) is 6.29 Å². The van der Waals surface area contributed by atoms with Crippen molar-refractivity contribution >= 4 is 82.0 Å². The van der Waals surface area contributed by atoms with Crippen LogP contribution in [-0.4, -0.2) is 196 Å². The zero-order valence-corrected chi connectivity index (χ0v) is 44.8. The summed E-state index contributed by atoms with van der Waals surface area (Å²) in [7, 11) is 11.8. The van der Waals surface area contributed by atoms with E-state index in [-0.39, 0.29) is 57.8 Å². The minimum Gasteiger partial charge on any atom is -0.465 e. The lowest BCUT2D eigenvalue weighted by atomic mass is 10.5. The first-order valence-corrected chi connectivity index (χ1v) is 22.5. The largest absolute Gasteiger partial charge is 0.465 e. The van der Waals surface area contributed by atoms with Crippen LogP contribution >= 0.6 is 27.7 Å². The highest BCUT2D eigenvalue weighted by atomic mass is 31.0. The molecule has 0 aliphatic heterocycles. The summed E-state index contributed by atoms with van der Waals surface area (Å²) in [5.74, 6) is -0.660. The third kappa shape index (κ3) is 106. The second-order valence-electron chi connectivity index (χ2n) is 11.4. The van der Waals surface area contributed by atoms with Crippen LogP contribution < -0.4 is 54.0 Å². The summed E-state index contributed by atoms with van der Waals surface area (Å²) in [6, 6.07) is 0. The van der Waals surface area contributed by atoms with E-state index in [1.54, 1.807) is 17.6 Å². The molecule has 0 radical (unpaired) electrons. The maximum Gasteiger partial charge on any atom is 0.410 e. The van der Waals surface area contributed by atoms with E-state index >= 15 is 0 Å². The van der Waals surface area contributed by atoms with Gasteiger partial charge in [-0.25, -0.2) is 28.8 Å². The van der Waals surface area contributed by atoms with Crippen molar-refractivity contribution in [2.75, 3.05) is 79.9 Å². The molecule has 37 heteroatoms. The number of aliphatic imine (C=N–C) groups is 1. The normalized spacial score (nSPS) is 10.1. The first-order valence-electron chi connectivity index (χ1n) is 20.1. The Labute approximate surface area is 424 Å². The van der Waals surface area contributed by atoms with Gasteiger partial charge in [0.25, 0.3) is 6.26 Å². The summed E-state index contributed by atoms with van der Waals surface area (Å²) in [6.45, 7) is 6.81. The molecule has 0 aromatic rings. The SMILES string of the molecule is CC(O)O.COC(C)OC(=O)NCNC(C)=O.COC(CCP)OC(=O)NCNC(C)=O.COC(CCP)OC(=O)NCNC(C)=O.N#COCN=C=O.NCN.O=C(O)NCNC(=O)O.OC(O)CCP. The molecule has 6 atom stereocenters. The Morgan fingerprint density at radius 1 is 0.583 bits per heavy atom. The van der Waals surface area contributed by atoms with Gasteiger partial charge in [-0.2, -0.15) is 10.3 Å². The number of aliphatic hydroxyl groups excluding tert-OH is 2. The Hall–Kier alpha value is -5.64. The van der Waals surface area contributed by atoms with E-state index < -0.39 is 61.9 Å². The number of carbonyl (C=O) groups is 8. The zero-order chi connectivity index (χ0) is 57.7. The van der Waals surface area contributed by atoms with Gasteiger partial charge in [-0.3, -0.25) is 14.4 Å². The molecule has 0 saturated carbocycles. The van der Waals surface area contributed by atoms with Gasteiger partial charge in [-0.05, 0) is 32.3 Å². The van der Waals surface area contributed by atoms with Crippen LogP contribution in [-0.2, 0) is 52.3 Å². The number of amides is 8. The lowest BCUT2D eigenvalue weighted by Crippen LogP contribution is -2.38. The molecule has 0 bridgehead atoms. The highest BCUT2D eigenvalue weighted by Crippen LogP contribution is 2.03. The number of isocyanates is 1. The van der Waals surface area contributed by atoms with Crippen molar-refractivity contribution in [2.24, 2.45) is 16.5 Å². The Bertz CT molecular complexity index is 1400. The standard InChI is InChI=1S/2C8H17N2O4P.C7H14N2O4.C3H6N2O4.C3H2N2O2.C3H9O2P.C2H6O2.CH6N2/c2*1-6(11)9-5-10-8(12)14-7(13-2)3-4-15;1-5(10)8-4-9-7(11)13-6(2)12-3;6-2(7)4-1-5-3(8)9;4-1-7-3-5-2-6;4-3(5)1-2-6;1-2(3)4;2-1-3/h2*7H,3-5,15H2,1-2H3,(H,9,11)(H,10,12);6H,4H2,1-3H3,(H,8,10)(H,9,11);4-5H,1H2,(H,6,7)(H,8,9);3H2;3-5H,1-2,6H2;2-4H,1H3;1-3H2. The number of hydrogen-bond acceptors (Lipinski definition) is 24. The van der Waals surface area contributed by atoms with Crippen LogP contribution in [0, 0.1) is 11.5 Å². The second-order valence-corrected chi connectivity index (χ2v) is 13.2. The predicted molar refractivity (Wildman–Crippen MR) is 263 cm³/mol. The first-order chi connectivity index (χ1) is 33.7. The van der Waals surface area contributed by atoms with Crippen molar-refractivity contribution in [2.45, 2.75) is 85.3 Å². The molecule has 6 unspecified atom stereocenters. The third-order valence-electron chi connectivity index (χ3n) is 5.28. The van der Waals surface area contributed by atoms with Gasteiger partial charge in [0.2, 0.25) is 49.4 Å². The number of carbonyl (C=O) groups excluding carboxylic acids is 7. The van der Waals surface area contributed by atoms with Crippen molar-refractivity contribution in [3.8, 4) is 6.26 Å². The van der Waals surface area contributed by atoms with Crippen LogP contribution in [0.2, 0.25) is 0 Å². The average molecular weight is 1110 g/mol. The highest BCUT2D eigenvalue weighted by Gasteiger charge is 2.13. The number of carboxylic acid groups (broad SMARTS) is 2. The summed E-state index contributed by atoms with van der Waals surface area (Å²) >= 11 is 0. The molecule has 424 valence electrons. The Balaban J connectivity index is -0.000000113. The summed E-state index contributed by atoms with van der Waals surface area (Å²) in [5.41, 5.74) is 9.25. The van der Waals surface area contributed by atoms with Crippen LogP contribution in [0.3, 0.4) is 0 Å². The number of hydrogen-bond donors (Lipinski definition) is 16. The maximum absolute atomic E-state index is 11.1. The van der Waals surface area contributed by atoms with E-state index in [1.165, 1.54) is 61.4 Å². The van der Waals surface area contributed by atoms with Crippen molar-refractivity contribution in [1.82, 2.24) is 42.5 Å². The van der Waals surface area contributed by atoms with Crippen LogP contribution in [0.5, 0.6) is 0 Å². The van der Waals surface area contributed by atoms with Crippen molar-refractivity contribution in [3.63, 3.8) is 0 Å². The fourth-order valence-electron chi connectivity index (χ4n) is 2.44. The fraction of sp³-hybridized carbons (Fsp3) is 0.714. The Morgan fingerprint density at radius 2 is 0.889 bits per heavy atom. The average Bonchev–Trinajstić information content (AvgIpc) is 3.26. The first kappa shape index (κ1) is 83.2. The lowest BCUT2D eigenvalue weighted by Gasteiger charge is -2.15. The summed E-state index contributed by atoms with van der Waals surface area (Å²) in [4.78, 5) is 95.7. The molecule has 18 N–H and O–H groups in total. The number of methoxy groups -OCH3 is 3. The number of alkyl carbamates (subject to hydrolysis) is 3. The van der Waals surface area contributed by atoms with E-state index in [2.05, 4.69) is 90.3 Å². The van der Waals surface area contributed by atoms with Gasteiger partial charge in [0.05, 0.1) is 26.7 Å². The number of ether oxygens (including phenoxy) is 7. The molecule has 34 nitrogen and oxygen atoms in total. The smallest absolute Gasteiger partial charge is 0.410 e. The number of nitrogens with zero attached hydrogens (tertiary/aromatic N) is 2. The van der Waals surface area contributed by atoms with Crippen LogP contribution in [0.1, 0.15) is 53.9 Å². The van der Waals surface area contributed by atoms with Crippen molar-refractivity contribution in [1.29, 1.82) is 5.26 Å². The van der Waals surface area contributed by atoms with Gasteiger partial charge >= 0.3 is 30.5 Å². The van der Waals surface area contributed by atoms with Crippen molar-refractivity contribution < 1.29 is 107 Å². The molecule has 0 spiro atoms. The zero-order valence-electron chi connectivity index (χ0n) is 41.4. The molecule has 0 rings (SSSR count). The number of nitrogens with one attached hydrogen (secondary N) is 8. The van der Waals surface area contributed by atoms with Gasteiger partial charge < -0.3 is 118 Å². The maximum atomic E-state index is 11.1. The minimum atomic E-state index is -1.26. The number of aliphatic hydroxyl groups is 4. The van der Waals surface area contributed by atoms with E-state index in [0.29, 0.717) is 19.3 Å². The summed E-state index contributed by atoms with van der Waals surface area (Å²) in [5, 5.41) is 72.6. The van der Waals surface area contributed by atoms with Gasteiger partial charge in [0, 0.05) is 68.0 Å². The number of rotatable bonds is 22. The minimum absolute atomic E-state index is 0.0462. The molecule has 0 aliphatic carbocycles. The van der Waals surface area contributed by atoms with E-state index in [9.17, 15) is 43.2 Å². The molecule has 0 heterocycles. The van der Waals surface area contributed by atoms with E-state index in [4.69, 9.17) is 54.8 Å². The molecule has 72 heavy (non-hydrogen) atoms. The molecular weight excluding hydrogens is 1030 g/mol. The lowest BCUT2D eigenvalue weighted by molar-refractivity contribution is -0.120. The topological polar surface area (TPSA) is 524 Å². The fourth-order valence-corrected chi connectivity index (χ4v) is 3.28. The summed E-state index contributed by atoms with van der Waals surface area (Å²) < 4.78 is 32.9. The molecule has 0 aromatic heterocycles. The van der Waals surface area contributed by atoms with E-state index in [0.717, 1.165) is 18.5 Å². The molecule has 8 amide bonds. The molecule has 0 fully saturated rings. The second kappa shape index (κ2) is 67.4. The van der Waals surface area contributed by atoms with Gasteiger partial charge in [0.15, 0.2) is 6.29 Å². The quantitative estimate of drug-likeness (QED) is 0.00970. The van der Waals surface area contributed by atoms with Crippen LogP contribution in [0.25, 0.3) is 0 Å². The number of nitrogens with two attached hydrogens (primary N) is 2. The molecular formula is C35H77N12O22P3. The third-order valence-corrected chi connectivity index (χ3v) is 6.28. The predicted octanol–water partition coefficient (Wildman–Crippen LogP) is -3.12. The molecule has 0 saturated heterocycles. The van der Waals surface area contributed by atoms with Crippen LogP contribution in [0.15, 0.2) is 4.99 Å². The number of nitriles is 1. The molecule has 0 aliphatic rings. The van der Waals surface area contributed by atoms with Crippen LogP contribution in [0.4, 0.5) is 24.0 Å². The molecule has 0 aromatic carbocycles. The monoisotopic (exact) mass is 1110 g/mol. The Kier molecular flexibility index (Phi) is 78.0. The van der Waals surface area contributed by atoms with Gasteiger partial charge in [-0.1, -0.05) is 0 Å². The van der Waals surface area contributed by atoms with E-state index in [1.807, 2.05) is 0 Å².